The Morgan fingerprint density at radius 1 is 0.958 bits per heavy atom. The van der Waals surface area contributed by atoms with Gasteiger partial charge in [0.05, 0.1) is 5.75 Å². The van der Waals surface area contributed by atoms with Crippen LogP contribution >= 0.6 is 23.4 Å². The molecule has 0 saturated heterocycles. The van der Waals surface area contributed by atoms with Gasteiger partial charge in [-0.2, -0.15) is 0 Å². The maximum absolute atomic E-state index is 12.0. The molecule has 0 spiro atoms. The summed E-state index contributed by atoms with van der Waals surface area (Å²) < 4.78 is 0. The minimum Gasteiger partial charge on any atom is -0.326 e. The van der Waals surface area contributed by atoms with Crippen molar-refractivity contribution in [3.63, 3.8) is 0 Å². The van der Waals surface area contributed by atoms with E-state index in [4.69, 9.17) is 11.6 Å². The Bertz CT molecular complexity index is 728. The summed E-state index contributed by atoms with van der Waals surface area (Å²) in [5, 5.41) is 6.39. The lowest BCUT2D eigenvalue weighted by Crippen LogP contribution is -2.15. The van der Waals surface area contributed by atoms with E-state index in [1.165, 1.54) is 11.8 Å². The number of hydrogen-bond donors (Lipinski definition) is 2. The average molecular weight is 361 g/mol. The van der Waals surface area contributed by atoms with Gasteiger partial charge in [0.25, 0.3) is 0 Å². The van der Waals surface area contributed by atoms with Gasteiger partial charge in [-0.3, -0.25) is 9.59 Å². The first-order valence-corrected chi connectivity index (χ1v) is 9.06. The highest BCUT2D eigenvalue weighted by Gasteiger charge is 2.29. The molecule has 0 heterocycles. The van der Waals surface area contributed by atoms with Gasteiger partial charge in [0.1, 0.15) is 0 Å². The van der Waals surface area contributed by atoms with Gasteiger partial charge in [0, 0.05) is 27.2 Å². The quantitative estimate of drug-likeness (QED) is 0.750. The monoisotopic (exact) mass is 360 g/mol. The van der Waals surface area contributed by atoms with Crippen molar-refractivity contribution in [1.82, 2.24) is 0 Å². The number of benzene rings is 2. The van der Waals surface area contributed by atoms with E-state index in [1.807, 2.05) is 12.1 Å². The van der Waals surface area contributed by atoms with Crippen LogP contribution in [0.4, 0.5) is 11.4 Å². The molecule has 2 N–H and O–H groups in total. The fourth-order valence-electron chi connectivity index (χ4n) is 2.10. The maximum atomic E-state index is 12.0. The van der Waals surface area contributed by atoms with Crippen molar-refractivity contribution in [2.75, 3.05) is 16.4 Å². The van der Waals surface area contributed by atoms with Crippen LogP contribution in [-0.2, 0) is 9.59 Å². The zero-order valence-electron chi connectivity index (χ0n) is 12.9. The summed E-state index contributed by atoms with van der Waals surface area (Å²) in [4.78, 5) is 24.7. The summed E-state index contributed by atoms with van der Waals surface area (Å²) in [7, 11) is 0. The number of carbonyl (C=O) groups excluding carboxylic acids is 2. The molecule has 6 heteroatoms. The predicted molar refractivity (Wildman–Crippen MR) is 98.6 cm³/mol. The molecule has 0 atom stereocenters. The first-order valence-electron chi connectivity index (χ1n) is 7.69. The number of anilines is 2. The van der Waals surface area contributed by atoms with E-state index < -0.39 is 0 Å². The summed E-state index contributed by atoms with van der Waals surface area (Å²) in [6.45, 7) is 0. The first kappa shape index (κ1) is 16.9. The third kappa shape index (κ3) is 5.01. The number of thioether (sulfide) groups is 1. The van der Waals surface area contributed by atoms with Crippen molar-refractivity contribution in [2.24, 2.45) is 5.92 Å². The number of hydrogen-bond acceptors (Lipinski definition) is 3. The predicted octanol–water partition coefficient (Wildman–Crippen LogP) is 4.42. The molecule has 2 amide bonds. The Morgan fingerprint density at radius 2 is 1.54 bits per heavy atom. The van der Waals surface area contributed by atoms with Crippen molar-refractivity contribution in [1.29, 1.82) is 0 Å². The van der Waals surface area contributed by atoms with Crippen LogP contribution in [0.5, 0.6) is 0 Å². The highest BCUT2D eigenvalue weighted by Crippen LogP contribution is 2.30. The van der Waals surface area contributed by atoms with Crippen molar-refractivity contribution < 1.29 is 9.59 Å². The van der Waals surface area contributed by atoms with E-state index in [1.54, 1.807) is 36.4 Å². The molecule has 0 radical (unpaired) electrons. The molecule has 1 aliphatic rings. The van der Waals surface area contributed by atoms with Crippen molar-refractivity contribution in [3.05, 3.63) is 53.6 Å². The normalized spacial score (nSPS) is 13.4. The standard InChI is InChI=1S/C18H17ClN2O2S/c19-13-3-9-16(10-4-13)24-11-17(22)20-14-5-7-15(8-6-14)21-18(23)12-1-2-12/h3-10,12H,1-2,11H2,(H,20,22)(H,21,23). The second kappa shape index (κ2) is 7.73. The molecule has 1 aliphatic carbocycles. The molecule has 0 aromatic heterocycles. The molecule has 4 nitrogen and oxygen atoms in total. The lowest BCUT2D eigenvalue weighted by molar-refractivity contribution is -0.117. The Hall–Kier alpha value is -1.98. The summed E-state index contributed by atoms with van der Waals surface area (Å²) in [6.07, 6.45) is 1.95. The summed E-state index contributed by atoms with van der Waals surface area (Å²) in [6, 6.07) is 14.5. The zero-order chi connectivity index (χ0) is 16.9. The lowest BCUT2D eigenvalue weighted by Gasteiger charge is -2.08. The van der Waals surface area contributed by atoms with Gasteiger partial charge in [-0.05, 0) is 61.4 Å². The van der Waals surface area contributed by atoms with Crippen LogP contribution in [0.15, 0.2) is 53.4 Å². The SMILES string of the molecule is O=C(CSc1ccc(Cl)cc1)Nc1ccc(NC(=O)C2CC2)cc1. The van der Waals surface area contributed by atoms with Crippen molar-refractivity contribution >= 4 is 46.6 Å². The highest BCUT2D eigenvalue weighted by molar-refractivity contribution is 8.00. The Labute approximate surface area is 150 Å². The fourth-order valence-corrected chi connectivity index (χ4v) is 2.93. The molecule has 0 aliphatic heterocycles. The first-order chi connectivity index (χ1) is 11.6. The van der Waals surface area contributed by atoms with Crippen LogP contribution < -0.4 is 10.6 Å². The van der Waals surface area contributed by atoms with Crippen LogP contribution in [0.2, 0.25) is 5.02 Å². The van der Waals surface area contributed by atoms with Gasteiger partial charge in [-0.15, -0.1) is 11.8 Å². The second-order valence-corrected chi connectivity index (χ2v) is 7.12. The summed E-state index contributed by atoms with van der Waals surface area (Å²) in [5.74, 6) is 0.493. The number of nitrogens with one attached hydrogen (secondary N) is 2. The van der Waals surface area contributed by atoms with E-state index in [9.17, 15) is 9.59 Å². The number of halogens is 1. The van der Waals surface area contributed by atoms with Crippen LogP contribution in [0.25, 0.3) is 0 Å². The number of amides is 2. The van der Waals surface area contributed by atoms with Gasteiger partial charge in [-0.1, -0.05) is 11.6 Å². The van der Waals surface area contributed by atoms with E-state index >= 15 is 0 Å². The molecule has 124 valence electrons. The van der Waals surface area contributed by atoms with Crippen molar-refractivity contribution in [3.8, 4) is 0 Å². The van der Waals surface area contributed by atoms with E-state index in [2.05, 4.69) is 10.6 Å². The third-order valence-electron chi connectivity index (χ3n) is 3.57. The van der Waals surface area contributed by atoms with Crippen LogP contribution in [0.1, 0.15) is 12.8 Å². The topological polar surface area (TPSA) is 58.2 Å². The lowest BCUT2D eigenvalue weighted by atomic mass is 10.2. The smallest absolute Gasteiger partial charge is 0.234 e. The zero-order valence-corrected chi connectivity index (χ0v) is 14.5. The minimum absolute atomic E-state index is 0.0751. The Kier molecular flexibility index (Phi) is 5.43. The van der Waals surface area contributed by atoms with E-state index in [-0.39, 0.29) is 17.7 Å². The molecular formula is C18H17ClN2O2S. The minimum atomic E-state index is -0.0790. The van der Waals surface area contributed by atoms with Crippen LogP contribution in [-0.4, -0.2) is 17.6 Å². The molecular weight excluding hydrogens is 344 g/mol. The fraction of sp³-hybridized carbons (Fsp3) is 0.222. The van der Waals surface area contributed by atoms with Gasteiger partial charge < -0.3 is 10.6 Å². The summed E-state index contributed by atoms with van der Waals surface area (Å²) >= 11 is 7.28. The van der Waals surface area contributed by atoms with Gasteiger partial charge in [-0.25, -0.2) is 0 Å². The maximum Gasteiger partial charge on any atom is 0.234 e. The number of carbonyl (C=O) groups is 2. The van der Waals surface area contributed by atoms with E-state index in [0.29, 0.717) is 16.5 Å². The largest absolute Gasteiger partial charge is 0.326 e. The summed E-state index contributed by atoms with van der Waals surface area (Å²) in [5.41, 5.74) is 1.46. The Balaban J connectivity index is 1.47. The molecule has 24 heavy (non-hydrogen) atoms. The van der Waals surface area contributed by atoms with Crippen LogP contribution in [0, 0.1) is 5.92 Å². The van der Waals surface area contributed by atoms with Gasteiger partial charge in [0.2, 0.25) is 11.8 Å². The molecule has 1 fully saturated rings. The molecule has 1 saturated carbocycles. The molecule has 0 bridgehead atoms. The van der Waals surface area contributed by atoms with E-state index in [0.717, 1.165) is 23.4 Å². The Morgan fingerprint density at radius 3 is 2.12 bits per heavy atom. The van der Waals surface area contributed by atoms with Crippen LogP contribution in [0.3, 0.4) is 0 Å². The highest BCUT2D eigenvalue weighted by atomic mass is 35.5. The number of rotatable bonds is 6. The average Bonchev–Trinajstić information content (AvgIpc) is 3.41. The second-order valence-electron chi connectivity index (χ2n) is 5.63. The van der Waals surface area contributed by atoms with Gasteiger partial charge >= 0.3 is 0 Å². The molecule has 0 unspecified atom stereocenters. The third-order valence-corrected chi connectivity index (χ3v) is 4.83. The molecule has 2 aromatic carbocycles. The van der Waals surface area contributed by atoms with Crippen molar-refractivity contribution in [2.45, 2.75) is 17.7 Å². The molecule has 3 rings (SSSR count). The molecule has 2 aromatic rings. The van der Waals surface area contributed by atoms with Gasteiger partial charge in [0.15, 0.2) is 0 Å².